The van der Waals surface area contributed by atoms with E-state index in [4.69, 9.17) is 10.5 Å². The van der Waals surface area contributed by atoms with Gasteiger partial charge in [0.2, 0.25) is 0 Å². The molecule has 0 radical (unpaired) electrons. The van der Waals surface area contributed by atoms with Gasteiger partial charge in [-0.1, -0.05) is 12.1 Å². The van der Waals surface area contributed by atoms with E-state index in [-0.39, 0.29) is 48.2 Å². The van der Waals surface area contributed by atoms with Gasteiger partial charge < -0.3 is 15.4 Å². The van der Waals surface area contributed by atoms with Gasteiger partial charge in [0.15, 0.2) is 0 Å². The van der Waals surface area contributed by atoms with Crippen LogP contribution in [0.4, 0.5) is 8.78 Å². The molecule has 1 aromatic rings. The lowest BCUT2D eigenvalue weighted by atomic mass is 9.98. The molecule has 1 amide bonds. The predicted molar refractivity (Wildman–Crippen MR) is 89.5 cm³/mol. The molecule has 2 N–H and O–H groups in total. The highest BCUT2D eigenvalue weighted by Crippen LogP contribution is 2.41. The van der Waals surface area contributed by atoms with Crippen LogP contribution in [0.3, 0.4) is 0 Å². The number of alkyl halides is 2. The summed E-state index contributed by atoms with van der Waals surface area (Å²) in [5.41, 5.74) is 5.65. The van der Waals surface area contributed by atoms with E-state index in [2.05, 4.69) is 0 Å². The summed E-state index contributed by atoms with van der Waals surface area (Å²) in [7, 11) is 0. The first-order valence-corrected chi connectivity index (χ1v) is 8.10. The third-order valence-electron chi connectivity index (χ3n) is 4.99. The summed E-state index contributed by atoms with van der Waals surface area (Å²) in [6.45, 7) is 2.70. The third kappa shape index (κ3) is 3.22. The van der Waals surface area contributed by atoms with Crippen LogP contribution >= 0.6 is 12.4 Å². The molecule has 1 saturated carbocycles. The van der Waals surface area contributed by atoms with Crippen molar-refractivity contribution in [2.24, 2.45) is 17.6 Å². The Morgan fingerprint density at radius 2 is 2.04 bits per heavy atom. The van der Waals surface area contributed by atoms with Crippen LogP contribution in [0.2, 0.25) is 0 Å². The van der Waals surface area contributed by atoms with E-state index in [9.17, 15) is 13.6 Å². The summed E-state index contributed by atoms with van der Waals surface area (Å²) >= 11 is 0. The monoisotopic (exact) mass is 360 g/mol. The fourth-order valence-corrected chi connectivity index (χ4v) is 3.79. The highest BCUT2D eigenvalue weighted by Gasteiger charge is 2.51. The minimum absolute atomic E-state index is 0. The number of carbonyl (C=O) groups is 1. The summed E-state index contributed by atoms with van der Waals surface area (Å²) in [5.74, 6) is -4.27. The molecule has 3 atom stereocenters. The molecule has 0 aromatic heterocycles. The van der Waals surface area contributed by atoms with Crippen LogP contribution in [0.1, 0.15) is 25.3 Å². The second-order valence-electron chi connectivity index (χ2n) is 6.38. The van der Waals surface area contributed by atoms with Crippen LogP contribution in [0.25, 0.3) is 0 Å². The van der Waals surface area contributed by atoms with Gasteiger partial charge in [0.25, 0.3) is 5.91 Å². The molecule has 134 valence electrons. The van der Waals surface area contributed by atoms with E-state index in [0.29, 0.717) is 13.1 Å². The van der Waals surface area contributed by atoms with Crippen LogP contribution in [0, 0.1) is 11.8 Å². The Kier molecular flexibility index (Phi) is 5.71. The van der Waals surface area contributed by atoms with Crippen molar-refractivity contribution in [3.8, 4) is 5.75 Å². The lowest BCUT2D eigenvalue weighted by molar-refractivity contribution is -0.158. The number of rotatable bonds is 4. The van der Waals surface area contributed by atoms with Crippen molar-refractivity contribution in [3.63, 3.8) is 0 Å². The van der Waals surface area contributed by atoms with Gasteiger partial charge in [-0.3, -0.25) is 4.79 Å². The van der Waals surface area contributed by atoms with Crippen molar-refractivity contribution in [2.75, 3.05) is 19.7 Å². The fourth-order valence-electron chi connectivity index (χ4n) is 3.79. The van der Waals surface area contributed by atoms with E-state index in [1.165, 1.54) is 23.1 Å². The van der Waals surface area contributed by atoms with Gasteiger partial charge in [0.05, 0.1) is 12.2 Å². The maximum atomic E-state index is 14.8. The number of fused-ring (bicyclic) bond motifs is 1. The van der Waals surface area contributed by atoms with Gasteiger partial charge in [-0.15, -0.1) is 12.4 Å². The molecule has 1 aliphatic carbocycles. The Hall–Kier alpha value is -1.40. The van der Waals surface area contributed by atoms with Gasteiger partial charge in [-0.2, -0.15) is 8.78 Å². The number of likely N-dealkylation sites (tertiary alicyclic amines) is 1. The molecule has 0 bridgehead atoms. The van der Waals surface area contributed by atoms with Crippen LogP contribution in [-0.4, -0.2) is 36.5 Å². The molecule has 1 aliphatic heterocycles. The first kappa shape index (κ1) is 18.9. The molecule has 24 heavy (non-hydrogen) atoms. The smallest absolute Gasteiger partial charge is 0.353 e. The van der Waals surface area contributed by atoms with Gasteiger partial charge >= 0.3 is 5.92 Å². The van der Waals surface area contributed by atoms with Crippen molar-refractivity contribution >= 4 is 18.3 Å². The highest BCUT2D eigenvalue weighted by atomic mass is 35.5. The van der Waals surface area contributed by atoms with Crippen molar-refractivity contribution in [2.45, 2.75) is 31.7 Å². The summed E-state index contributed by atoms with van der Waals surface area (Å²) in [6, 6.07) is 5.85. The number of ether oxygens (including phenoxy) is 1. The van der Waals surface area contributed by atoms with E-state index < -0.39 is 11.8 Å². The zero-order valence-corrected chi connectivity index (χ0v) is 14.4. The number of benzene rings is 1. The molecular weight excluding hydrogens is 338 g/mol. The number of amides is 1. The zero-order chi connectivity index (χ0) is 16.6. The molecule has 1 saturated heterocycles. The van der Waals surface area contributed by atoms with Crippen molar-refractivity contribution in [1.82, 2.24) is 4.90 Å². The molecule has 0 spiro atoms. The number of carbonyl (C=O) groups excluding carboxylic acids is 1. The summed E-state index contributed by atoms with van der Waals surface area (Å²) in [6.07, 6.45) is 1.83. The Morgan fingerprint density at radius 1 is 1.33 bits per heavy atom. The quantitative estimate of drug-likeness (QED) is 0.898. The van der Waals surface area contributed by atoms with Crippen LogP contribution < -0.4 is 10.5 Å². The second kappa shape index (κ2) is 7.23. The van der Waals surface area contributed by atoms with Gasteiger partial charge in [-0.25, -0.2) is 0 Å². The van der Waals surface area contributed by atoms with E-state index in [0.717, 1.165) is 12.8 Å². The average Bonchev–Trinajstić information content (AvgIpc) is 3.10. The first-order chi connectivity index (χ1) is 10.9. The first-order valence-electron chi connectivity index (χ1n) is 8.10. The van der Waals surface area contributed by atoms with E-state index in [1.807, 2.05) is 0 Å². The summed E-state index contributed by atoms with van der Waals surface area (Å²) < 4.78 is 34.8. The van der Waals surface area contributed by atoms with Crippen LogP contribution in [0.15, 0.2) is 24.3 Å². The molecule has 7 heteroatoms. The normalized spacial score (nSPS) is 26.0. The maximum Gasteiger partial charge on any atom is 0.353 e. The molecule has 1 heterocycles. The lowest BCUT2D eigenvalue weighted by Gasteiger charge is -2.25. The largest absolute Gasteiger partial charge is 0.493 e. The number of hydrogen-bond donors (Lipinski definition) is 1. The molecule has 2 fully saturated rings. The van der Waals surface area contributed by atoms with Crippen molar-refractivity contribution in [3.05, 3.63) is 29.8 Å². The molecule has 4 nitrogen and oxygen atoms in total. The molecule has 1 aromatic carbocycles. The standard InChI is InChI=1S/C17H22F2N2O2.ClH/c1-2-23-15-6-4-3-5-13(15)17(18,19)16(22)21-9-11-7-8-14(20)12(11)10-21;/h3-6,11-12,14H,2,7-10,20H2,1H3;1H. The molecular formula is C17H23ClF2N2O2. The number of halogens is 3. The van der Waals surface area contributed by atoms with Gasteiger partial charge in [0, 0.05) is 19.1 Å². The van der Waals surface area contributed by atoms with Crippen molar-refractivity contribution < 1.29 is 18.3 Å². The minimum atomic E-state index is -3.59. The second-order valence-corrected chi connectivity index (χ2v) is 6.38. The SMILES string of the molecule is CCOc1ccccc1C(F)(F)C(=O)N1CC2CCC(N)C2C1.Cl. The molecule has 2 aliphatic rings. The lowest BCUT2D eigenvalue weighted by Crippen LogP contribution is -2.42. The van der Waals surface area contributed by atoms with E-state index in [1.54, 1.807) is 13.0 Å². The Morgan fingerprint density at radius 3 is 2.71 bits per heavy atom. The minimum Gasteiger partial charge on any atom is -0.493 e. The maximum absolute atomic E-state index is 14.8. The van der Waals surface area contributed by atoms with Crippen LogP contribution in [-0.2, 0) is 10.7 Å². The number of para-hydroxylation sites is 1. The highest BCUT2D eigenvalue weighted by molar-refractivity contribution is 5.86. The van der Waals surface area contributed by atoms with Gasteiger partial charge in [0.1, 0.15) is 5.75 Å². The third-order valence-corrected chi connectivity index (χ3v) is 4.99. The topological polar surface area (TPSA) is 55.6 Å². The molecule has 3 unspecified atom stereocenters. The Balaban J connectivity index is 0.00000208. The average molecular weight is 361 g/mol. The summed E-state index contributed by atoms with van der Waals surface area (Å²) in [5, 5.41) is 0. The summed E-state index contributed by atoms with van der Waals surface area (Å²) in [4.78, 5) is 13.7. The number of hydrogen-bond acceptors (Lipinski definition) is 3. The van der Waals surface area contributed by atoms with Crippen molar-refractivity contribution in [1.29, 1.82) is 0 Å². The zero-order valence-electron chi connectivity index (χ0n) is 13.6. The number of nitrogens with zero attached hydrogens (tertiary/aromatic N) is 1. The predicted octanol–water partition coefficient (Wildman–Crippen LogP) is 2.79. The fraction of sp³-hybridized carbons (Fsp3) is 0.588. The van der Waals surface area contributed by atoms with Gasteiger partial charge in [-0.05, 0) is 43.7 Å². The Bertz CT molecular complexity index is 600. The van der Waals surface area contributed by atoms with Crippen LogP contribution in [0.5, 0.6) is 5.75 Å². The molecule has 3 rings (SSSR count). The van der Waals surface area contributed by atoms with E-state index >= 15 is 0 Å². The number of nitrogens with two attached hydrogens (primary N) is 1. The Labute approximate surface area is 146 Å².